The zero-order valence-corrected chi connectivity index (χ0v) is 9.71. The van der Waals surface area contributed by atoms with E-state index < -0.39 is 0 Å². The van der Waals surface area contributed by atoms with Crippen LogP contribution in [-0.4, -0.2) is 20.2 Å². The van der Waals surface area contributed by atoms with Crippen LogP contribution in [-0.2, 0) is 0 Å². The number of nitrogens with one attached hydrogen (secondary N) is 1. The molecule has 0 unspecified atom stereocenters. The summed E-state index contributed by atoms with van der Waals surface area (Å²) in [5.41, 5.74) is 2.45. The number of benzene rings is 1. The summed E-state index contributed by atoms with van der Waals surface area (Å²) in [5.74, 6) is 0. The normalized spacial score (nSPS) is 10.7. The van der Waals surface area contributed by atoms with Gasteiger partial charge >= 0.3 is 0 Å². The van der Waals surface area contributed by atoms with Crippen LogP contribution in [0.1, 0.15) is 5.69 Å². The molecule has 0 fully saturated rings. The number of hydrogen-bond donors (Lipinski definition) is 1. The van der Waals surface area contributed by atoms with Crippen molar-refractivity contribution in [3.8, 4) is 11.3 Å². The molecule has 3 rings (SSSR count). The van der Waals surface area contributed by atoms with Crippen LogP contribution < -0.4 is 5.56 Å². The quantitative estimate of drug-likeness (QED) is 0.700. The molecule has 0 aliphatic heterocycles. The molecule has 18 heavy (non-hydrogen) atoms. The minimum atomic E-state index is -0.296. The van der Waals surface area contributed by atoms with Crippen LogP contribution in [0.25, 0.3) is 22.2 Å². The fourth-order valence-corrected chi connectivity index (χ4v) is 1.95. The third-order valence-electron chi connectivity index (χ3n) is 2.81. The van der Waals surface area contributed by atoms with Gasteiger partial charge in [0.2, 0.25) is 0 Å². The molecular formula is C13H10N4O. The van der Waals surface area contributed by atoms with Crippen LogP contribution in [0.4, 0.5) is 0 Å². The Kier molecular flexibility index (Phi) is 2.37. The van der Waals surface area contributed by atoms with Gasteiger partial charge in [-0.25, -0.2) is 15.1 Å². The van der Waals surface area contributed by atoms with Crippen molar-refractivity contribution in [3.63, 3.8) is 0 Å². The van der Waals surface area contributed by atoms with Crippen LogP contribution in [0, 0.1) is 6.92 Å². The first-order valence-corrected chi connectivity index (χ1v) is 5.53. The van der Waals surface area contributed by atoms with E-state index >= 15 is 0 Å². The first kappa shape index (κ1) is 10.6. The van der Waals surface area contributed by atoms with E-state index in [1.165, 1.54) is 6.33 Å². The Balaban J connectivity index is 2.45. The Hall–Kier alpha value is -2.56. The number of H-pyrrole nitrogens is 1. The molecular weight excluding hydrogens is 228 g/mol. The lowest BCUT2D eigenvalue weighted by Crippen LogP contribution is -2.12. The largest absolute Gasteiger partial charge is 0.290 e. The van der Waals surface area contributed by atoms with E-state index in [4.69, 9.17) is 0 Å². The van der Waals surface area contributed by atoms with Gasteiger partial charge in [0.05, 0.1) is 11.1 Å². The van der Waals surface area contributed by atoms with Gasteiger partial charge in [0.15, 0.2) is 0 Å². The summed E-state index contributed by atoms with van der Waals surface area (Å²) in [6, 6.07) is 9.65. The van der Waals surface area contributed by atoms with Crippen molar-refractivity contribution >= 4 is 10.9 Å². The monoisotopic (exact) mass is 238 g/mol. The predicted octanol–water partition coefficient (Wildman–Crippen LogP) is 1.69. The lowest BCUT2D eigenvalue weighted by atomic mass is 10.1. The van der Waals surface area contributed by atoms with E-state index in [1.54, 1.807) is 0 Å². The van der Waals surface area contributed by atoms with E-state index in [2.05, 4.69) is 20.2 Å². The minimum Gasteiger partial charge on any atom is -0.266 e. The van der Waals surface area contributed by atoms with Crippen LogP contribution in [0.5, 0.6) is 0 Å². The molecule has 1 aromatic carbocycles. The molecule has 5 nitrogen and oxygen atoms in total. The smallest absolute Gasteiger partial charge is 0.266 e. The molecule has 3 aromatic rings. The molecule has 0 bridgehead atoms. The summed E-state index contributed by atoms with van der Waals surface area (Å²) in [4.78, 5) is 19.9. The standard InChI is InChI=1S/C13H10N4O/c1-8-10-11(9-5-3-2-4-6-9)16-17-13(18)12(10)15-7-14-8/h2-7H,1H3,(H,17,18). The van der Waals surface area contributed by atoms with Gasteiger partial charge in [0.1, 0.15) is 17.5 Å². The van der Waals surface area contributed by atoms with E-state index in [0.717, 1.165) is 11.3 Å². The molecule has 0 atom stereocenters. The van der Waals surface area contributed by atoms with E-state index in [1.807, 2.05) is 37.3 Å². The van der Waals surface area contributed by atoms with Crippen LogP contribution in [0.2, 0.25) is 0 Å². The highest BCUT2D eigenvalue weighted by atomic mass is 16.1. The molecule has 0 radical (unpaired) electrons. The summed E-state index contributed by atoms with van der Waals surface area (Å²) in [6.07, 6.45) is 1.39. The first-order chi connectivity index (χ1) is 8.77. The molecule has 2 heterocycles. The second kappa shape index (κ2) is 4.03. The summed E-state index contributed by atoms with van der Waals surface area (Å²) in [7, 11) is 0. The van der Waals surface area contributed by atoms with Crippen molar-refractivity contribution in [2.75, 3.05) is 0 Å². The average molecular weight is 238 g/mol. The molecule has 0 saturated carbocycles. The second-order valence-corrected chi connectivity index (χ2v) is 3.95. The van der Waals surface area contributed by atoms with Crippen molar-refractivity contribution in [1.82, 2.24) is 20.2 Å². The number of fused-ring (bicyclic) bond motifs is 1. The van der Waals surface area contributed by atoms with Crippen molar-refractivity contribution < 1.29 is 0 Å². The maximum absolute atomic E-state index is 11.7. The van der Waals surface area contributed by atoms with Crippen molar-refractivity contribution in [1.29, 1.82) is 0 Å². The highest BCUT2D eigenvalue weighted by Gasteiger charge is 2.12. The minimum absolute atomic E-state index is 0.296. The lowest BCUT2D eigenvalue weighted by Gasteiger charge is -2.05. The summed E-state index contributed by atoms with van der Waals surface area (Å²) < 4.78 is 0. The Morgan fingerprint density at radius 3 is 2.67 bits per heavy atom. The molecule has 0 spiro atoms. The molecule has 0 amide bonds. The fraction of sp³-hybridized carbons (Fsp3) is 0.0769. The van der Waals surface area contributed by atoms with Gasteiger partial charge < -0.3 is 0 Å². The second-order valence-electron chi connectivity index (χ2n) is 3.95. The molecule has 0 aliphatic rings. The zero-order valence-electron chi connectivity index (χ0n) is 9.71. The third-order valence-corrected chi connectivity index (χ3v) is 2.81. The molecule has 0 saturated heterocycles. The Bertz CT molecular complexity index is 765. The molecule has 5 heteroatoms. The highest BCUT2D eigenvalue weighted by molar-refractivity contribution is 5.92. The number of nitrogens with zero attached hydrogens (tertiary/aromatic N) is 3. The fourth-order valence-electron chi connectivity index (χ4n) is 1.95. The lowest BCUT2D eigenvalue weighted by molar-refractivity contribution is 0.997. The molecule has 1 N–H and O–H groups in total. The first-order valence-electron chi connectivity index (χ1n) is 5.53. The highest BCUT2D eigenvalue weighted by Crippen LogP contribution is 2.24. The Morgan fingerprint density at radius 2 is 1.89 bits per heavy atom. The van der Waals surface area contributed by atoms with Crippen LogP contribution in [0.3, 0.4) is 0 Å². The summed E-state index contributed by atoms with van der Waals surface area (Å²) in [5, 5.41) is 7.29. The zero-order chi connectivity index (χ0) is 12.5. The number of aromatic nitrogens is 4. The van der Waals surface area contributed by atoms with Gasteiger partial charge in [-0.2, -0.15) is 5.10 Å². The van der Waals surface area contributed by atoms with Crippen LogP contribution in [0.15, 0.2) is 41.5 Å². The summed E-state index contributed by atoms with van der Waals surface area (Å²) >= 11 is 0. The van der Waals surface area contributed by atoms with Crippen molar-refractivity contribution in [2.45, 2.75) is 6.92 Å². The van der Waals surface area contributed by atoms with E-state index in [9.17, 15) is 4.79 Å². The number of aryl methyl sites for hydroxylation is 1. The maximum atomic E-state index is 11.7. The van der Waals surface area contributed by atoms with Gasteiger partial charge in [-0.15, -0.1) is 0 Å². The van der Waals surface area contributed by atoms with Gasteiger partial charge in [-0.05, 0) is 6.92 Å². The molecule has 0 aliphatic carbocycles. The Labute approximate surface area is 103 Å². The SMILES string of the molecule is Cc1ncnc2c(=O)[nH]nc(-c3ccccc3)c12. The van der Waals surface area contributed by atoms with Gasteiger partial charge in [-0.1, -0.05) is 30.3 Å². The van der Waals surface area contributed by atoms with E-state index in [0.29, 0.717) is 16.6 Å². The average Bonchev–Trinajstić information content (AvgIpc) is 2.41. The van der Waals surface area contributed by atoms with E-state index in [-0.39, 0.29) is 5.56 Å². The third kappa shape index (κ3) is 1.57. The summed E-state index contributed by atoms with van der Waals surface area (Å²) in [6.45, 7) is 1.84. The van der Waals surface area contributed by atoms with Crippen LogP contribution >= 0.6 is 0 Å². The number of rotatable bonds is 1. The maximum Gasteiger partial charge on any atom is 0.290 e. The van der Waals surface area contributed by atoms with Gasteiger partial charge in [0, 0.05) is 5.56 Å². The number of hydrogen-bond acceptors (Lipinski definition) is 4. The van der Waals surface area contributed by atoms with Crippen molar-refractivity contribution in [3.05, 3.63) is 52.7 Å². The molecule has 2 aromatic heterocycles. The Morgan fingerprint density at radius 1 is 1.11 bits per heavy atom. The van der Waals surface area contributed by atoms with Crippen molar-refractivity contribution in [2.24, 2.45) is 0 Å². The van der Waals surface area contributed by atoms with Gasteiger partial charge in [0.25, 0.3) is 5.56 Å². The van der Waals surface area contributed by atoms with Gasteiger partial charge in [-0.3, -0.25) is 4.79 Å². The topological polar surface area (TPSA) is 71.5 Å². The molecule has 88 valence electrons. The number of aromatic amines is 1. The predicted molar refractivity (Wildman–Crippen MR) is 68.1 cm³/mol.